The number of fused-ring (bicyclic) bond motifs is 1. The third-order valence-corrected chi connectivity index (χ3v) is 3.96. The van der Waals surface area contributed by atoms with Crippen molar-refractivity contribution in [2.75, 3.05) is 13.7 Å². The maximum atomic E-state index is 12.5. The Hall–Kier alpha value is -0.870. The largest absolute Gasteiger partial charge is 0.493 e. The minimum atomic E-state index is -0.404. The van der Waals surface area contributed by atoms with Gasteiger partial charge in [-0.2, -0.15) is 0 Å². The first-order chi connectivity index (χ1) is 9.32. The van der Waals surface area contributed by atoms with Gasteiger partial charge in [0.15, 0.2) is 5.78 Å². The van der Waals surface area contributed by atoms with Gasteiger partial charge in [0.05, 0.1) is 6.61 Å². The molecule has 0 fully saturated rings. The fourth-order valence-electron chi connectivity index (χ4n) is 2.73. The van der Waals surface area contributed by atoms with Gasteiger partial charge in [-0.25, -0.2) is 0 Å². The van der Waals surface area contributed by atoms with E-state index in [9.17, 15) is 4.79 Å². The number of rotatable bonds is 4. The Morgan fingerprint density at radius 1 is 1.45 bits per heavy atom. The third kappa shape index (κ3) is 3.23. The predicted molar refractivity (Wildman–Crippen MR) is 82.3 cm³/mol. The first-order valence-corrected chi connectivity index (χ1v) is 7.62. The second kappa shape index (κ2) is 5.86. The van der Waals surface area contributed by atoms with Crippen molar-refractivity contribution >= 4 is 21.7 Å². The van der Waals surface area contributed by atoms with Crippen LogP contribution in [0.5, 0.6) is 5.75 Å². The van der Waals surface area contributed by atoms with Crippen LogP contribution in [0.3, 0.4) is 0 Å². The molecule has 0 radical (unpaired) electrons. The summed E-state index contributed by atoms with van der Waals surface area (Å²) in [6.07, 6.45) is 0.846. The van der Waals surface area contributed by atoms with E-state index in [0.29, 0.717) is 13.0 Å². The lowest BCUT2D eigenvalue weighted by Gasteiger charge is -2.28. The van der Waals surface area contributed by atoms with Crippen molar-refractivity contribution in [1.29, 1.82) is 0 Å². The summed E-state index contributed by atoms with van der Waals surface area (Å²) in [5.74, 6) is 0.973. The van der Waals surface area contributed by atoms with E-state index in [-0.39, 0.29) is 11.2 Å². The number of ketones is 1. The first-order valence-electron chi connectivity index (χ1n) is 6.82. The molecule has 0 amide bonds. The van der Waals surface area contributed by atoms with Crippen molar-refractivity contribution in [3.05, 3.63) is 27.7 Å². The Labute approximate surface area is 128 Å². The number of benzene rings is 1. The van der Waals surface area contributed by atoms with Gasteiger partial charge < -0.3 is 9.47 Å². The highest BCUT2D eigenvalue weighted by atomic mass is 79.9. The van der Waals surface area contributed by atoms with Crippen LogP contribution in [0.4, 0.5) is 0 Å². The summed E-state index contributed by atoms with van der Waals surface area (Å²) in [6.45, 7) is 6.74. The number of methoxy groups -OCH3 is 1. The Bertz CT molecular complexity index is 517. The van der Waals surface area contributed by atoms with Gasteiger partial charge in [-0.05, 0) is 23.1 Å². The number of carbonyl (C=O) groups is 1. The molecule has 1 aliphatic heterocycles. The molecule has 4 heteroatoms. The molecule has 0 bridgehead atoms. The van der Waals surface area contributed by atoms with Crippen LogP contribution < -0.4 is 4.74 Å². The normalized spacial score (nSPS) is 15.7. The number of carbonyl (C=O) groups excluding carboxylic acids is 1. The summed E-state index contributed by atoms with van der Waals surface area (Å²) in [5.41, 5.74) is 1.91. The summed E-state index contributed by atoms with van der Waals surface area (Å²) < 4.78 is 12.1. The Balaban J connectivity index is 2.24. The van der Waals surface area contributed by atoms with Gasteiger partial charge >= 0.3 is 0 Å². The maximum Gasteiger partial charge on any atom is 0.166 e. The second-order valence-corrected chi connectivity index (χ2v) is 7.19. The van der Waals surface area contributed by atoms with Crippen molar-refractivity contribution in [2.45, 2.75) is 39.7 Å². The highest BCUT2D eigenvalue weighted by Crippen LogP contribution is 2.34. The molecule has 0 aliphatic carbocycles. The molecule has 1 heterocycles. The predicted octanol–water partition coefficient (Wildman–Crippen LogP) is 3.56. The zero-order chi connectivity index (χ0) is 14.9. The van der Waals surface area contributed by atoms with Crippen LogP contribution in [-0.4, -0.2) is 25.6 Å². The van der Waals surface area contributed by atoms with Crippen molar-refractivity contribution in [2.24, 2.45) is 5.41 Å². The summed E-state index contributed by atoms with van der Waals surface area (Å²) in [7, 11) is 1.59. The van der Waals surface area contributed by atoms with E-state index < -0.39 is 6.10 Å². The van der Waals surface area contributed by atoms with Crippen molar-refractivity contribution in [1.82, 2.24) is 0 Å². The highest BCUT2D eigenvalue weighted by Gasteiger charge is 2.32. The topological polar surface area (TPSA) is 35.5 Å². The Kier molecular flexibility index (Phi) is 4.55. The van der Waals surface area contributed by atoms with Gasteiger partial charge in [0.25, 0.3) is 0 Å². The quantitative estimate of drug-likeness (QED) is 0.840. The van der Waals surface area contributed by atoms with Crippen LogP contribution in [0.15, 0.2) is 16.6 Å². The van der Waals surface area contributed by atoms with E-state index in [0.717, 1.165) is 22.2 Å². The van der Waals surface area contributed by atoms with Crippen molar-refractivity contribution in [3.8, 4) is 5.75 Å². The average molecular weight is 341 g/mol. The van der Waals surface area contributed by atoms with Crippen molar-refractivity contribution in [3.63, 3.8) is 0 Å². The third-order valence-electron chi connectivity index (χ3n) is 3.50. The van der Waals surface area contributed by atoms with Crippen LogP contribution in [0.2, 0.25) is 0 Å². The Morgan fingerprint density at radius 2 is 2.15 bits per heavy atom. The van der Waals surface area contributed by atoms with E-state index in [4.69, 9.17) is 9.47 Å². The lowest BCUT2D eigenvalue weighted by atomic mass is 9.84. The molecule has 110 valence electrons. The van der Waals surface area contributed by atoms with E-state index in [1.165, 1.54) is 5.56 Å². The van der Waals surface area contributed by atoms with Gasteiger partial charge in [0.2, 0.25) is 0 Å². The molecule has 20 heavy (non-hydrogen) atoms. The van der Waals surface area contributed by atoms with Crippen LogP contribution in [0.25, 0.3) is 0 Å². The lowest BCUT2D eigenvalue weighted by molar-refractivity contribution is -0.134. The zero-order valence-corrected chi connectivity index (χ0v) is 14.0. The molecule has 3 nitrogen and oxygen atoms in total. The highest BCUT2D eigenvalue weighted by molar-refractivity contribution is 9.10. The summed E-state index contributed by atoms with van der Waals surface area (Å²) in [6, 6.07) is 4.03. The molecule has 0 aromatic heterocycles. The molecule has 1 aromatic carbocycles. The van der Waals surface area contributed by atoms with E-state index >= 15 is 0 Å². The minimum Gasteiger partial charge on any atom is -0.493 e. The van der Waals surface area contributed by atoms with Crippen LogP contribution >= 0.6 is 15.9 Å². The molecule has 0 saturated carbocycles. The average Bonchev–Trinajstić information content (AvgIpc) is 2.75. The molecule has 1 aliphatic rings. The fraction of sp³-hybridized carbons (Fsp3) is 0.562. The van der Waals surface area contributed by atoms with Gasteiger partial charge in [-0.1, -0.05) is 36.7 Å². The summed E-state index contributed by atoms with van der Waals surface area (Å²) >= 11 is 3.50. The molecule has 2 rings (SSSR count). The van der Waals surface area contributed by atoms with Crippen molar-refractivity contribution < 1.29 is 14.3 Å². The molecule has 1 aromatic rings. The van der Waals surface area contributed by atoms with Gasteiger partial charge in [0.1, 0.15) is 11.9 Å². The van der Waals surface area contributed by atoms with E-state index in [1.807, 2.05) is 26.8 Å². The van der Waals surface area contributed by atoms with E-state index in [1.54, 1.807) is 7.11 Å². The fourth-order valence-corrected chi connectivity index (χ4v) is 3.28. The minimum absolute atomic E-state index is 0.0933. The van der Waals surface area contributed by atoms with Crippen LogP contribution in [0.1, 0.15) is 31.9 Å². The van der Waals surface area contributed by atoms with Gasteiger partial charge in [0, 0.05) is 30.0 Å². The summed E-state index contributed by atoms with van der Waals surface area (Å²) in [4.78, 5) is 12.5. The molecular formula is C16H21BrO3. The molecule has 0 spiro atoms. The summed E-state index contributed by atoms with van der Waals surface area (Å²) in [5, 5.41) is 0. The molecule has 0 saturated heterocycles. The first kappa shape index (κ1) is 15.5. The standard InChI is InChI=1S/C16H21BrO3/c1-16(2,3)15(19-4)13(18)9-11-8-12(17)7-10-5-6-20-14(10)11/h7-8,15H,5-6,9H2,1-4H3. The van der Waals surface area contributed by atoms with Gasteiger partial charge in [-0.3, -0.25) is 4.79 Å². The van der Waals surface area contributed by atoms with Crippen LogP contribution in [-0.2, 0) is 22.4 Å². The maximum absolute atomic E-state index is 12.5. The monoisotopic (exact) mass is 340 g/mol. The Morgan fingerprint density at radius 3 is 2.75 bits per heavy atom. The SMILES string of the molecule is COC(C(=O)Cc1cc(Br)cc2c1OCC2)C(C)(C)C. The van der Waals surface area contributed by atoms with Crippen LogP contribution in [0, 0.1) is 5.41 Å². The number of halogens is 1. The molecule has 1 unspecified atom stereocenters. The number of Topliss-reactive ketones (excluding diaryl/α,β-unsaturated/α-hetero) is 1. The molecule has 1 atom stereocenters. The lowest BCUT2D eigenvalue weighted by Crippen LogP contribution is -2.37. The number of hydrogen-bond acceptors (Lipinski definition) is 3. The van der Waals surface area contributed by atoms with Gasteiger partial charge in [-0.15, -0.1) is 0 Å². The van der Waals surface area contributed by atoms with E-state index in [2.05, 4.69) is 22.0 Å². The number of ether oxygens (including phenoxy) is 2. The smallest absolute Gasteiger partial charge is 0.166 e. The second-order valence-electron chi connectivity index (χ2n) is 6.28. The number of hydrogen-bond donors (Lipinski definition) is 0. The molecular weight excluding hydrogens is 320 g/mol. The molecule has 0 N–H and O–H groups in total. The zero-order valence-electron chi connectivity index (χ0n) is 12.5.